The smallest absolute Gasteiger partial charge is 0.323 e. The fraction of sp³-hybridized carbons (Fsp3) is 0.462. The van der Waals surface area contributed by atoms with E-state index in [1.165, 1.54) is 6.42 Å². The number of hydrogen-bond acceptors (Lipinski definition) is 5. The number of fused-ring (bicyclic) bond motifs is 3. The van der Waals surface area contributed by atoms with Crippen molar-refractivity contribution in [2.24, 2.45) is 0 Å². The molecule has 5 rings (SSSR count). The SMILES string of the molecule is O=C(Nc1ccccc1)Nc1ccc2c(c1)[C@@H]1C[C@H](CC(=O)N3CCCCC3)O[C@H](CO)[C@@H]1O2. The van der Waals surface area contributed by atoms with Gasteiger partial charge in [0.15, 0.2) is 0 Å². The van der Waals surface area contributed by atoms with E-state index in [2.05, 4.69) is 10.6 Å². The van der Waals surface area contributed by atoms with Gasteiger partial charge < -0.3 is 30.1 Å². The van der Waals surface area contributed by atoms with Gasteiger partial charge in [-0.05, 0) is 56.0 Å². The molecule has 0 aromatic heterocycles. The van der Waals surface area contributed by atoms with Crippen molar-refractivity contribution in [3.63, 3.8) is 0 Å². The normalized spacial score (nSPS) is 25.6. The summed E-state index contributed by atoms with van der Waals surface area (Å²) < 4.78 is 12.2. The first kappa shape index (κ1) is 22.7. The van der Waals surface area contributed by atoms with Crippen molar-refractivity contribution in [2.45, 2.75) is 56.3 Å². The molecule has 8 nitrogen and oxygen atoms in total. The highest BCUT2D eigenvalue weighted by atomic mass is 16.6. The zero-order valence-corrected chi connectivity index (χ0v) is 19.1. The van der Waals surface area contributed by atoms with Gasteiger partial charge in [-0.2, -0.15) is 0 Å². The van der Waals surface area contributed by atoms with Crippen LogP contribution in [0.15, 0.2) is 48.5 Å². The summed E-state index contributed by atoms with van der Waals surface area (Å²) in [6.45, 7) is 1.45. The average molecular weight is 466 g/mol. The number of piperidine rings is 1. The van der Waals surface area contributed by atoms with Gasteiger partial charge in [0.05, 0.1) is 19.1 Å². The third kappa shape index (κ3) is 4.88. The first-order valence-corrected chi connectivity index (χ1v) is 12.1. The van der Waals surface area contributed by atoms with Crippen LogP contribution in [0.3, 0.4) is 0 Å². The lowest BCUT2D eigenvalue weighted by atomic mass is 9.84. The Labute approximate surface area is 199 Å². The van der Waals surface area contributed by atoms with Crippen LogP contribution < -0.4 is 15.4 Å². The fourth-order valence-electron chi connectivity index (χ4n) is 5.25. The van der Waals surface area contributed by atoms with Gasteiger partial charge in [-0.1, -0.05) is 18.2 Å². The third-order valence-corrected chi connectivity index (χ3v) is 6.90. The van der Waals surface area contributed by atoms with Crippen molar-refractivity contribution >= 4 is 23.3 Å². The van der Waals surface area contributed by atoms with E-state index in [4.69, 9.17) is 9.47 Å². The zero-order chi connectivity index (χ0) is 23.5. The maximum Gasteiger partial charge on any atom is 0.323 e. The predicted octanol–water partition coefficient (Wildman–Crippen LogP) is 3.73. The Balaban J connectivity index is 1.28. The van der Waals surface area contributed by atoms with E-state index in [9.17, 15) is 14.7 Å². The molecule has 2 aromatic carbocycles. The molecule has 2 saturated heterocycles. The number of nitrogens with one attached hydrogen (secondary N) is 2. The molecular formula is C26H31N3O5. The molecule has 0 saturated carbocycles. The minimum absolute atomic E-state index is 0.0148. The van der Waals surface area contributed by atoms with Crippen molar-refractivity contribution in [2.75, 3.05) is 30.3 Å². The number of nitrogens with zero attached hydrogens (tertiary/aromatic N) is 1. The molecule has 0 unspecified atom stereocenters. The van der Waals surface area contributed by atoms with E-state index < -0.39 is 6.10 Å². The second-order valence-electron chi connectivity index (χ2n) is 9.25. The van der Waals surface area contributed by atoms with E-state index in [0.717, 1.165) is 37.2 Å². The van der Waals surface area contributed by atoms with Crippen LogP contribution in [0.1, 0.15) is 43.6 Å². The van der Waals surface area contributed by atoms with Crippen LogP contribution in [-0.4, -0.2) is 60.0 Å². The number of rotatable bonds is 5. The van der Waals surface area contributed by atoms with E-state index in [0.29, 0.717) is 24.2 Å². The number of aliphatic hydroxyl groups excluding tert-OH is 1. The van der Waals surface area contributed by atoms with E-state index in [1.54, 1.807) is 6.07 Å². The number of carbonyl (C=O) groups excluding carboxylic acids is 2. The largest absolute Gasteiger partial charge is 0.487 e. The van der Waals surface area contributed by atoms with Gasteiger partial charge in [-0.15, -0.1) is 0 Å². The molecule has 2 aromatic rings. The molecule has 2 fully saturated rings. The Morgan fingerprint density at radius 3 is 2.53 bits per heavy atom. The molecular weight excluding hydrogens is 434 g/mol. The van der Waals surface area contributed by atoms with E-state index in [-0.39, 0.29) is 36.7 Å². The number of ether oxygens (including phenoxy) is 2. The highest BCUT2D eigenvalue weighted by Crippen LogP contribution is 2.47. The number of hydrogen-bond donors (Lipinski definition) is 3. The standard InChI is InChI=1S/C26H31N3O5/c30-16-23-25-21(14-19(33-23)15-24(31)29-11-5-2-6-12-29)20-13-18(9-10-22(20)34-25)28-26(32)27-17-7-3-1-4-8-17/h1,3-4,7-10,13,19,21,23,25,30H,2,5-6,11-12,14-16H2,(H2,27,28,32)/t19-,21+,23-,25-/m1/s1. The van der Waals surface area contributed by atoms with Crippen molar-refractivity contribution in [1.82, 2.24) is 4.90 Å². The lowest BCUT2D eigenvalue weighted by Crippen LogP contribution is -2.48. The van der Waals surface area contributed by atoms with Crippen LogP contribution in [0, 0.1) is 0 Å². The van der Waals surface area contributed by atoms with E-state index in [1.807, 2.05) is 47.4 Å². The van der Waals surface area contributed by atoms with Crippen LogP contribution in [0.4, 0.5) is 16.2 Å². The van der Waals surface area contributed by atoms with Gasteiger partial charge in [0, 0.05) is 35.9 Å². The van der Waals surface area contributed by atoms with Gasteiger partial charge in [0.1, 0.15) is 18.0 Å². The number of likely N-dealkylation sites (tertiary alicyclic amines) is 1. The average Bonchev–Trinajstić information content (AvgIpc) is 3.22. The maximum absolute atomic E-state index is 12.8. The van der Waals surface area contributed by atoms with Crippen LogP contribution >= 0.6 is 0 Å². The Morgan fingerprint density at radius 2 is 1.76 bits per heavy atom. The van der Waals surface area contributed by atoms with Gasteiger partial charge in [0.25, 0.3) is 0 Å². The zero-order valence-electron chi connectivity index (χ0n) is 19.1. The molecule has 3 heterocycles. The molecule has 3 aliphatic heterocycles. The monoisotopic (exact) mass is 465 g/mol. The quantitative estimate of drug-likeness (QED) is 0.625. The molecule has 3 amide bonds. The number of amides is 3. The van der Waals surface area contributed by atoms with Gasteiger partial charge >= 0.3 is 6.03 Å². The van der Waals surface area contributed by atoms with Crippen molar-refractivity contribution in [3.05, 3.63) is 54.1 Å². The molecule has 180 valence electrons. The maximum atomic E-state index is 12.8. The summed E-state index contributed by atoms with van der Waals surface area (Å²) >= 11 is 0. The summed E-state index contributed by atoms with van der Waals surface area (Å²) in [6.07, 6.45) is 3.14. The molecule has 0 aliphatic carbocycles. The summed E-state index contributed by atoms with van der Waals surface area (Å²) in [5.41, 5.74) is 2.34. The summed E-state index contributed by atoms with van der Waals surface area (Å²) in [7, 11) is 0. The van der Waals surface area contributed by atoms with Crippen LogP contribution in [-0.2, 0) is 9.53 Å². The lowest BCUT2D eigenvalue weighted by Gasteiger charge is -2.38. The summed E-state index contributed by atoms with van der Waals surface area (Å²) in [6, 6.07) is 14.5. The number of aliphatic hydroxyl groups is 1. The van der Waals surface area contributed by atoms with Crippen LogP contribution in [0.5, 0.6) is 5.75 Å². The number of urea groups is 1. The second-order valence-corrected chi connectivity index (χ2v) is 9.25. The first-order chi connectivity index (χ1) is 16.6. The van der Waals surface area contributed by atoms with Gasteiger partial charge in [-0.3, -0.25) is 4.79 Å². The Hall–Kier alpha value is -3.10. The molecule has 4 atom stereocenters. The minimum atomic E-state index is -0.497. The second kappa shape index (κ2) is 10.0. The summed E-state index contributed by atoms with van der Waals surface area (Å²) in [5, 5.41) is 15.7. The van der Waals surface area contributed by atoms with Crippen LogP contribution in [0.2, 0.25) is 0 Å². The number of carbonyl (C=O) groups is 2. The number of benzene rings is 2. The highest BCUT2D eigenvalue weighted by molar-refractivity contribution is 5.99. The lowest BCUT2D eigenvalue weighted by molar-refractivity contribution is -0.149. The molecule has 34 heavy (non-hydrogen) atoms. The molecule has 0 bridgehead atoms. The van der Waals surface area contributed by atoms with Crippen LogP contribution in [0.25, 0.3) is 0 Å². The molecule has 0 radical (unpaired) electrons. The Morgan fingerprint density at radius 1 is 1.00 bits per heavy atom. The number of para-hydroxylation sites is 1. The molecule has 8 heteroatoms. The fourth-order valence-corrected chi connectivity index (χ4v) is 5.25. The van der Waals surface area contributed by atoms with Gasteiger partial charge in [-0.25, -0.2) is 4.79 Å². The topological polar surface area (TPSA) is 100 Å². The first-order valence-electron chi connectivity index (χ1n) is 12.1. The Kier molecular flexibility index (Phi) is 6.69. The Bertz CT molecular complexity index is 1020. The molecule has 0 spiro atoms. The highest BCUT2D eigenvalue weighted by Gasteiger charge is 2.46. The number of anilines is 2. The molecule has 3 aliphatic rings. The van der Waals surface area contributed by atoms with Crippen molar-refractivity contribution < 1.29 is 24.2 Å². The van der Waals surface area contributed by atoms with E-state index >= 15 is 0 Å². The third-order valence-electron chi connectivity index (χ3n) is 6.90. The molecule has 3 N–H and O–H groups in total. The van der Waals surface area contributed by atoms with Gasteiger partial charge in [0.2, 0.25) is 5.91 Å². The minimum Gasteiger partial charge on any atom is -0.487 e. The summed E-state index contributed by atoms with van der Waals surface area (Å²) in [4.78, 5) is 27.2. The summed E-state index contributed by atoms with van der Waals surface area (Å²) in [5.74, 6) is 0.833. The predicted molar refractivity (Wildman–Crippen MR) is 128 cm³/mol. The van der Waals surface area contributed by atoms with Crippen molar-refractivity contribution in [1.29, 1.82) is 0 Å². The van der Waals surface area contributed by atoms with Crippen molar-refractivity contribution in [3.8, 4) is 5.75 Å².